The zero-order chi connectivity index (χ0) is 10.8. The minimum Gasteiger partial charge on any atom is -0.395 e. The maximum absolute atomic E-state index is 9.02. The molecule has 0 aliphatic heterocycles. The lowest BCUT2D eigenvalue weighted by molar-refractivity contribution is 0.227. The molecule has 0 aromatic carbocycles. The largest absolute Gasteiger partial charge is 0.395 e. The van der Waals surface area contributed by atoms with E-state index in [-0.39, 0.29) is 12.6 Å². The van der Waals surface area contributed by atoms with E-state index in [1.54, 1.807) is 0 Å². The quantitative estimate of drug-likeness (QED) is 0.562. The Bertz CT molecular complexity index is 113. The third-order valence-electron chi connectivity index (χ3n) is 2.72. The fourth-order valence-corrected chi connectivity index (χ4v) is 1.66. The smallest absolute Gasteiger partial charge is 0.0584 e. The van der Waals surface area contributed by atoms with Gasteiger partial charge in [-0.25, -0.2) is 0 Å². The monoisotopic (exact) mass is 201 g/mol. The summed E-state index contributed by atoms with van der Waals surface area (Å²) >= 11 is 0. The Labute approximate surface area is 89.1 Å². The first-order valence-electron chi connectivity index (χ1n) is 6.11. The molecule has 2 nitrogen and oxygen atoms in total. The van der Waals surface area contributed by atoms with Gasteiger partial charge in [-0.05, 0) is 19.8 Å². The molecule has 0 bridgehead atoms. The molecule has 0 heterocycles. The first kappa shape index (κ1) is 13.9. The molecular weight excluding hydrogens is 174 g/mol. The molecule has 2 atom stereocenters. The summed E-state index contributed by atoms with van der Waals surface area (Å²) in [7, 11) is 0. The van der Waals surface area contributed by atoms with Gasteiger partial charge in [-0.1, -0.05) is 39.5 Å². The second-order valence-electron chi connectivity index (χ2n) is 4.20. The van der Waals surface area contributed by atoms with E-state index in [2.05, 4.69) is 26.1 Å². The molecule has 14 heavy (non-hydrogen) atoms. The van der Waals surface area contributed by atoms with Crippen molar-refractivity contribution in [3.05, 3.63) is 0 Å². The summed E-state index contributed by atoms with van der Waals surface area (Å²) in [5.74, 6) is 0. The first-order valence-corrected chi connectivity index (χ1v) is 6.11. The molecule has 0 aromatic heterocycles. The molecular formula is C12H27NO. The van der Waals surface area contributed by atoms with E-state index in [0.717, 1.165) is 6.42 Å². The molecule has 2 unspecified atom stereocenters. The summed E-state index contributed by atoms with van der Waals surface area (Å²) in [5.41, 5.74) is 0. The van der Waals surface area contributed by atoms with E-state index in [1.165, 1.54) is 32.1 Å². The maximum Gasteiger partial charge on any atom is 0.0584 e. The van der Waals surface area contributed by atoms with E-state index in [1.807, 2.05) is 0 Å². The molecule has 0 amide bonds. The Morgan fingerprint density at radius 1 is 1.14 bits per heavy atom. The highest BCUT2D eigenvalue weighted by Gasteiger charge is 2.08. The molecule has 86 valence electrons. The summed E-state index contributed by atoms with van der Waals surface area (Å²) < 4.78 is 0. The highest BCUT2D eigenvalue weighted by molar-refractivity contribution is 4.69. The van der Waals surface area contributed by atoms with Gasteiger partial charge in [0.25, 0.3) is 0 Å². The first-order chi connectivity index (χ1) is 6.74. The Morgan fingerprint density at radius 3 is 2.36 bits per heavy atom. The van der Waals surface area contributed by atoms with Gasteiger partial charge in [-0.15, -0.1) is 0 Å². The predicted molar refractivity (Wildman–Crippen MR) is 62.5 cm³/mol. The van der Waals surface area contributed by atoms with Crippen molar-refractivity contribution >= 4 is 0 Å². The fraction of sp³-hybridized carbons (Fsp3) is 1.00. The highest BCUT2D eigenvalue weighted by Crippen LogP contribution is 2.06. The van der Waals surface area contributed by atoms with Crippen LogP contribution in [0.25, 0.3) is 0 Å². The normalized spacial score (nSPS) is 15.4. The van der Waals surface area contributed by atoms with Crippen molar-refractivity contribution in [3.63, 3.8) is 0 Å². The van der Waals surface area contributed by atoms with E-state index < -0.39 is 0 Å². The summed E-state index contributed by atoms with van der Waals surface area (Å²) in [5, 5.41) is 12.5. The van der Waals surface area contributed by atoms with Gasteiger partial charge >= 0.3 is 0 Å². The number of unbranched alkanes of at least 4 members (excludes halogenated alkanes) is 3. The van der Waals surface area contributed by atoms with Crippen LogP contribution in [0.5, 0.6) is 0 Å². The number of aliphatic hydroxyl groups excluding tert-OH is 1. The molecule has 0 aliphatic carbocycles. The second-order valence-corrected chi connectivity index (χ2v) is 4.20. The van der Waals surface area contributed by atoms with E-state index >= 15 is 0 Å². The number of aliphatic hydroxyl groups is 1. The Morgan fingerprint density at radius 2 is 1.86 bits per heavy atom. The molecule has 0 spiro atoms. The van der Waals surface area contributed by atoms with Crippen LogP contribution in [0.2, 0.25) is 0 Å². The molecule has 0 saturated carbocycles. The maximum atomic E-state index is 9.02. The average Bonchev–Trinajstić information content (AvgIpc) is 2.21. The molecule has 0 aliphatic rings. The SMILES string of the molecule is CCCCCCC(C)NC(CC)CO. The van der Waals surface area contributed by atoms with E-state index in [4.69, 9.17) is 5.11 Å². The van der Waals surface area contributed by atoms with E-state index in [9.17, 15) is 0 Å². The lowest BCUT2D eigenvalue weighted by atomic mass is 10.1. The van der Waals surface area contributed by atoms with Crippen molar-refractivity contribution in [2.45, 2.75) is 71.4 Å². The molecule has 0 radical (unpaired) electrons. The molecule has 2 heteroatoms. The minimum atomic E-state index is 0.260. The van der Waals surface area contributed by atoms with Gasteiger partial charge in [-0.2, -0.15) is 0 Å². The third-order valence-corrected chi connectivity index (χ3v) is 2.72. The van der Waals surface area contributed by atoms with Crippen molar-refractivity contribution in [2.75, 3.05) is 6.61 Å². The van der Waals surface area contributed by atoms with Crippen molar-refractivity contribution < 1.29 is 5.11 Å². The Hall–Kier alpha value is -0.0800. The predicted octanol–water partition coefficient (Wildman–Crippen LogP) is 2.71. The highest BCUT2D eigenvalue weighted by atomic mass is 16.3. The zero-order valence-corrected chi connectivity index (χ0v) is 10.1. The van der Waals surface area contributed by atoms with Gasteiger partial charge in [0.1, 0.15) is 0 Å². The molecule has 2 N–H and O–H groups in total. The van der Waals surface area contributed by atoms with Crippen molar-refractivity contribution in [1.29, 1.82) is 0 Å². The van der Waals surface area contributed by atoms with E-state index in [0.29, 0.717) is 6.04 Å². The molecule has 0 fully saturated rings. The van der Waals surface area contributed by atoms with Crippen LogP contribution in [0.3, 0.4) is 0 Å². The lowest BCUT2D eigenvalue weighted by Gasteiger charge is -2.20. The third kappa shape index (κ3) is 7.34. The van der Waals surface area contributed by atoms with Gasteiger partial charge in [0.2, 0.25) is 0 Å². The summed E-state index contributed by atoms with van der Waals surface area (Å²) in [6.07, 6.45) is 7.55. The van der Waals surface area contributed by atoms with Crippen LogP contribution in [0.4, 0.5) is 0 Å². The van der Waals surface area contributed by atoms with Gasteiger partial charge in [0.05, 0.1) is 6.61 Å². The van der Waals surface area contributed by atoms with Crippen LogP contribution in [0.15, 0.2) is 0 Å². The average molecular weight is 201 g/mol. The van der Waals surface area contributed by atoms with Gasteiger partial charge in [-0.3, -0.25) is 0 Å². The summed E-state index contributed by atoms with van der Waals surface area (Å²) in [6.45, 7) is 6.82. The van der Waals surface area contributed by atoms with Crippen LogP contribution >= 0.6 is 0 Å². The lowest BCUT2D eigenvalue weighted by Crippen LogP contribution is -2.38. The van der Waals surface area contributed by atoms with Crippen LogP contribution in [-0.4, -0.2) is 23.8 Å². The topological polar surface area (TPSA) is 32.3 Å². The number of hydrogen-bond donors (Lipinski definition) is 2. The van der Waals surface area contributed by atoms with Crippen LogP contribution in [-0.2, 0) is 0 Å². The van der Waals surface area contributed by atoms with Gasteiger partial charge in [0, 0.05) is 12.1 Å². The summed E-state index contributed by atoms with van der Waals surface area (Å²) in [4.78, 5) is 0. The van der Waals surface area contributed by atoms with Crippen LogP contribution < -0.4 is 5.32 Å². The summed E-state index contributed by atoms with van der Waals surface area (Å²) in [6, 6.07) is 0.833. The van der Waals surface area contributed by atoms with Crippen LogP contribution in [0, 0.1) is 0 Å². The van der Waals surface area contributed by atoms with Crippen molar-refractivity contribution in [2.24, 2.45) is 0 Å². The second kappa shape index (κ2) is 9.47. The Balaban J connectivity index is 3.38. The van der Waals surface area contributed by atoms with Crippen molar-refractivity contribution in [1.82, 2.24) is 5.32 Å². The van der Waals surface area contributed by atoms with Crippen molar-refractivity contribution in [3.8, 4) is 0 Å². The standard InChI is InChI=1S/C12H27NO/c1-4-6-7-8-9-11(3)13-12(5-2)10-14/h11-14H,4-10H2,1-3H3. The van der Waals surface area contributed by atoms with Gasteiger partial charge in [0.15, 0.2) is 0 Å². The molecule has 0 aromatic rings. The van der Waals surface area contributed by atoms with Gasteiger partial charge < -0.3 is 10.4 Å². The molecule has 0 rings (SSSR count). The number of rotatable bonds is 9. The minimum absolute atomic E-state index is 0.260. The number of hydrogen-bond acceptors (Lipinski definition) is 2. The van der Waals surface area contributed by atoms with Crippen LogP contribution in [0.1, 0.15) is 59.3 Å². The Kier molecular flexibility index (Phi) is 9.42. The molecule has 0 saturated heterocycles. The number of nitrogens with one attached hydrogen (secondary N) is 1. The fourth-order valence-electron chi connectivity index (χ4n) is 1.66. The zero-order valence-electron chi connectivity index (χ0n) is 10.1.